The van der Waals surface area contributed by atoms with E-state index < -0.39 is 6.43 Å². The number of nitrogens with zero attached hydrogens (tertiary/aromatic N) is 1. The summed E-state index contributed by atoms with van der Waals surface area (Å²) in [5, 5.41) is 0. The van der Waals surface area contributed by atoms with Crippen LogP contribution in [0, 0.1) is 3.70 Å². The van der Waals surface area contributed by atoms with Gasteiger partial charge < -0.3 is 10.5 Å². The van der Waals surface area contributed by atoms with Gasteiger partial charge in [0.1, 0.15) is 3.70 Å². The van der Waals surface area contributed by atoms with Crippen molar-refractivity contribution in [2.75, 3.05) is 7.11 Å². The van der Waals surface area contributed by atoms with E-state index >= 15 is 0 Å². The molecule has 0 aromatic carbocycles. The maximum Gasteiger partial charge on any atom is 0.265 e. The topological polar surface area (TPSA) is 48.1 Å². The van der Waals surface area contributed by atoms with E-state index in [0.29, 0.717) is 15.0 Å². The van der Waals surface area contributed by atoms with Crippen LogP contribution in [-0.2, 0) is 6.54 Å². The molecule has 0 bridgehead atoms. The van der Waals surface area contributed by atoms with Crippen LogP contribution in [0.25, 0.3) is 0 Å². The van der Waals surface area contributed by atoms with E-state index in [1.807, 2.05) is 22.6 Å². The Morgan fingerprint density at radius 2 is 2.29 bits per heavy atom. The van der Waals surface area contributed by atoms with Gasteiger partial charge in [0.25, 0.3) is 6.43 Å². The Morgan fingerprint density at radius 1 is 1.64 bits per heavy atom. The fourth-order valence-corrected chi connectivity index (χ4v) is 1.81. The first kappa shape index (κ1) is 11.6. The number of halogens is 3. The molecule has 1 heterocycles. The molecule has 0 amide bonds. The maximum atomic E-state index is 12.5. The first-order valence-corrected chi connectivity index (χ1v) is 4.89. The lowest BCUT2D eigenvalue weighted by Gasteiger charge is -2.12. The van der Waals surface area contributed by atoms with Crippen molar-refractivity contribution >= 4 is 22.6 Å². The highest BCUT2D eigenvalue weighted by molar-refractivity contribution is 14.1. The second-order valence-electron chi connectivity index (χ2n) is 2.52. The van der Waals surface area contributed by atoms with Gasteiger partial charge in [0.15, 0.2) is 5.75 Å². The number of nitrogens with two attached hydrogens (primary N) is 1. The molecule has 14 heavy (non-hydrogen) atoms. The van der Waals surface area contributed by atoms with Crippen LogP contribution in [0.2, 0.25) is 0 Å². The molecular weight excluding hydrogens is 305 g/mol. The van der Waals surface area contributed by atoms with Gasteiger partial charge in [-0.25, -0.2) is 13.8 Å². The lowest BCUT2D eigenvalue weighted by Crippen LogP contribution is -2.07. The number of pyridine rings is 1. The molecule has 1 aromatic rings. The van der Waals surface area contributed by atoms with Gasteiger partial charge >= 0.3 is 0 Å². The highest BCUT2D eigenvalue weighted by atomic mass is 127. The minimum absolute atomic E-state index is 0.0152. The van der Waals surface area contributed by atoms with E-state index in [9.17, 15) is 8.78 Å². The predicted octanol–water partition coefficient (Wildman–Crippen LogP) is 2.09. The van der Waals surface area contributed by atoms with E-state index in [0.717, 1.165) is 6.20 Å². The third-order valence-corrected chi connectivity index (χ3v) is 2.54. The van der Waals surface area contributed by atoms with Crippen molar-refractivity contribution in [3.05, 3.63) is 21.0 Å². The normalized spacial score (nSPS) is 10.7. The number of hydrogen-bond acceptors (Lipinski definition) is 3. The van der Waals surface area contributed by atoms with Gasteiger partial charge in [-0.1, -0.05) is 0 Å². The Morgan fingerprint density at radius 3 is 2.71 bits per heavy atom. The quantitative estimate of drug-likeness (QED) is 0.686. The van der Waals surface area contributed by atoms with Gasteiger partial charge in [-0.2, -0.15) is 0 Å². The summed E-state index contributed by atoms with van der Waals surface area (Å²) < 4.78 is 30.5. The van der Waals surface area contributed by atoms with Crippen LogP contribution in [0.15, 0.2) is 6.20 Å². The van der Waals surface area contributed by atoms with Crippen molar-refractivity contribution in [3.8, 4) is 5.75 Å². The molecule has 0 aliphatic heterocycles. The monoisotopic (exact) mass is 314 g/mol. The van der Waals surface area contributed by atoms with Crippen LogP contribution in [0.1, 0.15) is 17.6 Å². The maximum absolute atomic E-state index is 12.5. The van der Waals surface area contributed by atoms with Gasteiger partial charge in [0, 0.05) is 23.9 Å². The average molecular weight is 314 g/mol. The summed E-state index contributed by atoms with van der Waals surface area (Å²) in [7, 11) is 1.41. The summed E-state index contributed by atoms with van der Waals surface area (Å²) in [6.45, 7) is 0.0152. The molecule has 0 spiro atoms. The highest BCUT2D eigenvalue weighted by Crippen LogP contribution is 2.31. The molecule has 0 saturated carbocycles. The number of aromatic nitrogens is 1. The largest absolute Gasteiger partial charge is 0.494 e. The van der Waals surface area contributed by atoms with Crippen LogP contribution in [-0.4, -0.2) is 12.1 Å². The molecule has 0 saturated heterocycles. The molecule has 0 radical (unpaired) electrons. The molecule has 0 aliphatic rings. The van der Waals surface area contributed by atoms with Crippen LogP contribution in [0.5, 0.6) is 5.75 Å². The molecule has 0 fully saturated rings. The van der Waals surface area contributed by atoms with Crippen molar-refractivity contribution in [1.29, 1.82) is 0 Å². The van der Waals surface area contributed by atoms with Gasteiger partial charge in [-0.15, -0.1) is 0 Å². The molecule has 0 atom stereocenters. The zero-order valence-corrected chi connectivity index (χ0v) is 9.59. The Bertz CT molecular complexity index is 333. The minimum atomic E-state index is -2.58. The minimum Gasteiger partial charge on any atom is -0.494 e. The molecular formula is C8H9F2IN2O. The number of hydrogen-bond donors (Lipinski definition) is 1. The van der Waals surface area contributed by atoms with Gasteiger partial charge in [0.05, 0.1) is 7.11 Å². The lowest BCUT2D eigenvalue weighted by molar-refractivity contribution is 0.149. The van der Waals surface area contributed by atoms with E-state index in [1.165, 1.54) is 7.11 Å². The van der Waals surface area contributed by atoms with Crippen molar-refractivity contribution in [2.45, 2.75) is 13.0 Å². The van der Waals surface area contributed by atoms with Gasteiger partial charge in [-0.05, 0) is 22.6 Å². The molecule has 1 rings (SSSR count). The molecule has 6 heteroatoms. The lowest BCUT2D eigenvalue weighted by atomic mass is 10.1. The summed E-state index contributed by atoms with van der Waals surface area (Å²) in [5.41, 5.74) is 5.55. The average Bonchev–Trinajstić information content (AvgIpc) is 2.16. The van der Waals surface area contributed by atoms with Gasteiger partial charge in [-0.3, -0.25) is 0 Å². The molecule has 2 N–H and O–H groups in total. The fraction of sp³-hybridized carbons (Fsp3) is 0.375. The Hall–Kier alpha value is -0.500. The Balaban J connectivity index is 3.33. The fourth-order valence-electron chi connectivity index (χ4n) is 1.12. The zero-order valence-electron chi connectivity index (χ0n) is 7.43. The summed E-state index contributed by atoms with van der Waals surface area (Å²) >= 11 is 1.91. The highest BCUT2D eigenvalue weighted by Gasteiger charge is 2.18. The van der Waals surface area contributed by atoms with Crippen molar-refractivity contribution in [2.24, 2.45) is 5.73 Å². The SMILES string of the molecule is COc1c(I)ncc(C(F)F)c1CN. The smallest absolute Gasteiger partial charge is 0.265 e. The predicted molar refractivity (Wildman–Crippen MR) is 56.4 cm³/mol. The first-order valence-electron chi connectivity index (χ1n) is 3.81. The summed E-state index contributed by atoms with van der Waals surface area (Å²) in [4.78, 5) is 3.81. The van der Waals surface area contributed by atoms with E-state index in [1.54, 1.807) is 0 Å². The third-order valence-electron chi connectivity index (χ3n) is 1.77. The molecule has 0 aliphatic carbocycles. The van der Waals surface area contributed by atoms with Crippen molar-refractivity contribution < 1.29 is 13.5 Å². The van der Waals surface area contributed by atoms with Crippen molar-refractivity contribution in [3.63, 3.8) is 0 Å². The summed E-state index contributed by atoms with van der Waals surface area (Å²) in [6.07, 6.45) is -1.44. The van der Waals surface area contributed by atoms with Crippen LogP contribution in [0.3, 0.4) is 0 Å². The van der Waals surface area contributed by atoms with E-state index in [-0.39, 0.29) is 12.1 Å². The second kappa shape index (κ2) is 4.83. The van der Waals surface area contributed by atoms with Crippen LogP contribution < -0.4 is 10.5 Å². The molecule has 1 aromatic heterocycles. The summed E-state index contributed by atoms with van der Waals surface area (Å²) in [5.74, 6) is 0.339. The number of alkyl halides is 2. The molecule has 0 unspecified atom stereocenters. The van der Waals surface area contributed by atoms with Crippen LogP contribution in [0.4, 0.5) is 8.78 Å². The number of ether oxygens (including phenoxy) is 1. The second-order valence-corrected chi connectivity index (χ2v) is 3.54. The third kappa shape index (κ3) is 2.11. The van der Waals surface area contributed by atoms with Crippen molar-refractivity contribution in [1.82, 2.24) is 4.98 Å². The van der Waals surface area contributed by atoms with Gasteiger partial charge in [0.2, 0.25) is 0 Å². The number of methoxy groups -OCH3 is 1. The summed E-state index contributed by atoms with van der Waals surface area (Å²) in [6, 6.07) is 0. The number of rotatable bonds is 3. The van der Waals surface area contributed by atoms with Crippen LogP contribution >= 0.6 is 22.6 Å². The first-order chi connectivity index (χ1) is 6.61. The van der Waals surface area contributed by atoms with E-state index in [2.05, 4.69) is 4.98 Å². The standard InChI is InChI=1S/C8H9F2IN2O/c1-14-6-4(2-12)5(7(9)10)3-13-8(6)11/h3,7H,2,12H2,1H3. The van der Waals surface area contributed by atoms with E-state index in [4.69, 9.17) is 10.5 Å². The zero-order chi connectivity index (χ0) is 10.7. The Kier molecular flexibility index (Phi) is 3.99. The molecule has 3 nitrogen and oxygen atoms in total. The Labute approximate surface area is 93.8 Å². The molecule has 78 valence electrons.